The molecule has 0 aromatic carbocycles. The minimum Gasteiger partial charge on any atom is -0.394 e. The second-order valence-corrected chi connectivity index (χ2v) is 8.48. The van der Waals surface area contributed by atoms with E-state index in [4.69, 9.17) is 4.74 Å². The van der Waals surface area contributed by atoms with Crippen molar-refractivity contribution >= 4 is 23.3 Å². The minimum atomic E-state index is -0.720. The molecule has 4 heterocycles. The SMILES string of the molecule is O=CCCCCCCN1CC[C@@H](Nc2ncnc3c2ncn3[C@@H]2O[C@H](CO)C[C@H]2O)C1. The number of aliphatic hydroxyl groups is 2. The van der Waals surface area contributed by atoms with Gasteiger partial charge in [0.2, 0.25) is 0 Å². The van der Waals surface area contributed by atoms with Gasteiger partial charge in [-0.05, 0) is 25.8 Å². The number of ether oxygens (including phenoxy) is 1. The molecule has 0 spiro atoms. The topological polar surface area (TPSA) is 126 Å². The van der Waals surface area contributed by atoms with E-state index in [1.165, 1.54) is 12.7 Å². The lowest BCUT2D eigenvalue weighted by Gasteiger charge is -2.18. The van der Waals surface area contributed by atoms with Gasteiger partial charge in [-0.1, -0.05) is 12.8 Å². The van der Waals surface area contributed by atoms with Crippen LogP contribution in [-0.2, 0) is 9.53 Å². The molecule has 31 heavy (non-hydrogen) atoms. The largest absolute Gasteiger partial charge is 0.394 e. The van der Waals surface area contributed by atoms with E-state index in [0.717, 1.165) is 51.6 Å². The molecule has 2 saturated heterocycles. The summed E-state index contributed by atoms with van der Waals surface area (Å²) in [7, 11) is 0. The van der Waals surface area contributed by atoms with Crippen LogP contribution in [0.1, 0.15) is 51.2 Å². The molecular weight excluding hydrogens is 400 g/mol. The number of rotatable bonds is 11. The lowest BCUT2D eigenvalue weighted by Crippen LogP contribution is -2.27. The number of nitrogens with zero attached hydrogens (tertiary/aromatic N) is 5. The predicted molar refractivity (Wildman–Crippen MR) is 115 cm³/mol. The van der Waals surface area contributed by atoms with Crippen LogP contribution in [0.15, 0.2) is 12.7 Å². The van der Waals surface area contributed by atoms with Crippen LogP contribution in [0.4, 0.5) is 5.82 Å². The van der Waals surface area contributed by atoms with Gasteiger partial charge in [-0.2, -0.15) is 0 Å². The Morgan fingerprint density at radius 1 is 1.23 bits per heavy atom. The van der Waals surface area contributed by atoms with Crippen molar-refractivity contribution in [3.05, 3.63) is 12.7 Å². The lowest BCUT2D eigenvalue weighted by atomic mass is 10.1. The molecule has 0 bridgehead atoms. The normalized spacial score (nSPS) is 26.6. The molecular formula is C21H32N6O4. The fraction of sp³-hybridized carbons (Fsp3) is 0.714. The zero-order valence-electron chi connectivity index (χ0n) is 17.8. The molecule has 10 heteroatoms. The summed E-state index contributed by atoms with van der Waals surface area (Å²) < 4.78 is 7.47. The molecule has 2 fully saturated rings. The molecule has 2 aromatic heterocycles. The average molecular weight is 433 g/mol. The Balaban J connectivity index is 1.33. The van der Waals surface area contributed by atoms with Gasteiger partial charge >= 0.3 is 0 Å². The summed E-state index contributed by atoms with van der Waals surface area (Å²) in [5.41, 5.74) is 1.25. The first-order valence-corrected chi connectivity index (χ1v) is 11.2. The average Bonchev–Trinajstić information content (AvgIpc) is 3.49. The van der Waals surface area contributed by atoms with Crippen LogP contribution in [0.3, 0.4) is 0 Å². The maximum atomic E-state index is 10.4. The summed E-state index contributed by atoms with van der Waals surface area (Å²) in [6, 6.07) is 0.297. The zero-order chi connectivity index (χ0) is 21.6. The van der Waals surface area contributed by atoms with Crippen LogP contribution in [0.5, 0.6) is 0 Å². The maximum absolute atomic E-state index is 10.4. The third-order valence-corrected chi connectivity index (χ3v) is 6.16. The summed E-state index contributed by atoms with van der Waals surface area (Å²) in [6.45, 7) is 2.97. The first-order chi connectivity index (χ1) is 15.2. The zero-order valence-corrected chi connectivity index (χ0v) is 17.8. The molecule has 2 aliphatic rings. The van der Waals surface area contributed by atoms with Crippen LogP contribution in [0.2, 0.25) is 0 Å². The second kappa shape index (κ2) is 10.4. The number of aromatic nitrogens is 4. The summed E-state index contributed by atoms with van der Waals surface area (Å²) in [6.07, 6.45) is 8.93. The van der Waals surface area contributed by atoms with E-state index in [9.17, 15) is 15.0 Å². The third kappa shape index (κ3) is 5.20. The highest BCUT2D eigenvalue weighted by atomic mass is 16.5. The van der Waals surface area contributed by atoms with Crippen molar-refractivity contribution < 1.29 is 19.7 Å². The summed E-state index contributed by atoms with van der Waals surface area (Å²) in [5.74, 6) is 0.690. The number of aliphatic hydroxyl groups excluding tert-OH is 2. The van der Waals surface area contributed by atoms with Gasteiger partial charge in [0.15, 0.2) is 23.2 Å². The van der Waals surface area contributed by atoms with Crippen LogP contribution in [0.25, 0.3) is 11.2 Å². The smallest absolute Gasteiger partial charge is 0.167 e. The third-order valence-electron chi connectivity index (χ3n) is 6.16. The molecule has 2 aliphatic heterocycles. The molecule has 0 saturated carbocycles. The molecule has 4 rings (SSSR count). The van der Waals surface area contributed by atoms with Gasteiger partial charge in [0.25, 0.3) is 0 Å². The van der Waals surface area contributed by atoms with Crippen molar-refractivity contribution in [2.24, 2.45) is 0 Å². The van der Waals surface area contributed by atoms with Crippen molar-refractivity contribution in [2.75, 3.05) is 31.6 Å². The Morgan fingerprint density at radius 3 is 2.90 bits per heavy atom. The van der Waals surface area contributed by atoms with Gasteiger partial charge in [-0.25, -0.2) is 15.0 Å². The van der Waals surface area contributed by atoms with E-state index >= 15 is 0 Å². The molecule has 0 radical (unpaired) electrons. The fourth-order valence-electron chi connectivity index (χ4n) is 4.51. The van der Waals surface area contributed by atoms with Crippen LogP contribution < -0.4 is 5.32 Å². The standard InChI is InChI=1S/C21H32N6O4/c28-9-5-3-1-2-4-7-26-8-6-15(11-26)25-19-18-20(23-13-22-19)27(14-24-18)21-17(30)10-16(12-29)31-21/h9,13-17,21,29-30H,1-8,10-12H2,(H,22,23,25)/t15-,16+,17-,21-/m1/s1. The Kier molecular flexibility index (Phi) is 7.44. The number of hydrogen-bond donors (Lipinski definition) is 3. The number of likely N-dealkylation sites (tertiary alicyclic amines) is 1. The fourth-order valence-corrected chi connectivity index (χ4v) is 4.51. The van der Waals surface area contributed by atoms with Gasteiger partial charge in [0.05, 0.1) is 19.0 Å². The highest BCUT2D eigenvalue weighted by molar-refractivity contribution is 5.82. The Bertz CT molecular complexity index is 862. The number of nitrogens with one attached hydrogen (secondary N) is 1. The number of hydrogen-bond acceptors (Lipinski definition) is 9. The van der Waals surface area contributed by atoms with Crippen molar-refractivity contribution in [3.63, 3.8) is 0 Å². The highest BCUT2D eigenvalue weighted by Crippen LogP contribution is 2.32. The number of fused-ring (bicyclic) bond motifs is 1. The van der Waals surface area contributed by atoms with Crippen LogP contribution in [0, 0.1) is 0 Å². The van der Waals surface area contributed by atoms with Crippen molar-refractivity contribution in [2.45, 2.75) is 69.4 Å². The molecule has 0 amide bonds. The highest BCUT2D eigenvalue weighted by Gasteiger charge is 2.36. The summed E-state index contributed by atoms with van der Waals surface area (Å²) in [4.78, 5) is 26.1. The number of unbranched alkanes of at least 4 members (excludes halogenated alkanes) is 4. The minimum absolute atomic E-state index is 0.126. The van der Waals surface area contributed by atoms with Crippen molar-refractivity contribution in [1.82, 2.24) is 24.4 Å². The van der Waals surface area contributed by atoms with Gasteiger partial charge in [0, 0.05) is 32.0 Å². The molecule has 3 N–H and O–H groups in total. The number of carbonyl (C=O) groups excluding carboxylic acids is 1. The van der Waals surface area contributed by atoms with Crippen LogP contribution >= 0.6 is 0 Å². The second-order valence-electron chi connectivity index (χ2n) is 8.48. The van der Waals surface area contributed by atoms with E-state index in [-0.39, 0.29) is 12.7 Å². The quantitative estimate of drug-likeness (QED) is 0.353. The van der Waals surface area contributed by atoms with Gasteiger partial charge in [-0.3, -0.25) is 4.57 Å². The van der Waals surface area contributed by atoms with Crippen molar-refractivity contribution in [1.29, 1.82) is 0 Å². The van der Waals surface area contributed by atoms with Gasteiger partial charge < -0.3 is 30.0 Å². The van der Waals surface area contributed by atoms with Crippen molar-refractivity contribution in [3.8, 4) is 0 Å². The number of imidazole rings is 1. The van der Waals surface area contributed by atoms with Gasteiger partial charge in [-0.15, -0.1) is 0 Å². The first kappa shape index (κ1) is 22.1. The van der Waals surface area contributed by atoms with E-state index in [0.29, 0.717) is 35.9 Å². The first-order valence-electron chi connectivity index (χ1n) is 11.2. The maximum Gasteiger partial charge on any atom is 0.167 e. The molecule has 170 valence electrons. The Morgan fingerprint density at radius 2 is 2.10 bits per heavy atom. The van der Waals surface area contributed by atoms with Crippen LogP contribution in [-0.4, -0.2) is 85.4 Å². The van der Waals surface area contributed by atoms with E-state index < -0.39 is 12.3 Å². The summed E-state index contributed by atoms with van der Waals surface area (Å²) >= 11 is 0. The molecule has 0 aliphatic carbocycles. The molecule has 2 aromatic rings. The Hall–Kier alpha value is -2.14. The van der Waals surface area contributed by atoms with Gasteiger partial charge in [0.1, 0.15) is 18.7 Å². The summed E-state index contributed by atoms with van der Waals surface area (Å²) in [5, 5.41) is 23.2. The molecule has 4 atom stereocenters. The number of carbonyl (C=O) groups is 1. The van der Waals surface area contributed by atoms with E-state index in [1.54, 1.807) is 10.9 Å². The molecule has 10 nitrogen and oxygen atoms in total. The lowest BCUT2D eigenvalue weighted by molar-refractivity contribution is -0.107. The predicted octanol–water partition coefficient (Wildman–Crippen LogP) is 1.10. The van der Waals surface area contributed by atoms with E-state index in [1.807, 2.05) is 0 Å². The number of anilines is 1. The monoisotopic (exact) mass is 432 g/mol. The Labute approximate surface area is 181 Å². The van der Waals surface area contributed by atoms with E-state index in [2.05, 4.69) is 25.2 Å². The molecule has 0 unspecified atom stereocenters. The number of aldehydes is 1.